The molecule has 2 aromatic carbocycles. The van der Waals surface area contributed by atoms with Crippen molar-refractivity contribution in [1.82, 2.24) is 9.80 Å². The third-order valence-corrected chi connectivity index (χ3v) is 5.60. The lowest BCUT2D eigenvalue weighted by atomic mass is 10.1. The van der Waals surface area contributed by atoms with Crippen LogP contribution in [0.25, 0.3) is 6.08 Å². The molecule has 0 radical (unpaired) electrons. The van der Waals surface area contributed by atoms with E-state index in [4.69, 9.17) is 11.6 Å². The summed E-state index contributed by atoms with van der Waals surface area (Å²) in [5, 5.41) is 0.649. The lowest BCUT2D eigenvalue weighted by molar-refractivity contribution is -0.130. The van der Waals surface area contributed by atoms with E-state index >= 15 is 0 Å². The minimum absolute atomic E-state index is 0.00535. The number of halogens is 3. The second-order valence-electron chi connectivity index (χ2n) is 6.74. The van der Waals surface area contributed by atoms with Crippen LogP contribution in [0.5, 0.6) is 0 Å². The second-order valence-corrected chi connectivity index (χ2v) is 8.03. The molecule has 1 amide bonds. The molecule has 0 spiro atoms. The standard InChI is InChI=1S/C21H21BrClFN2O/c1-15-13-25(14-16-2-7-19(24)8-3-16)10-11-26(15)21(27)9-5-17-4-6-18(23)12-20(17)22/h2-9,12,15H,10-11,13-14H2,1H3/b9-5+/t15-/m0/s1. The molecule has 0 N–H and O–H groups in total. The average molecular weight is 452 g/mol. The molecule has 1 aliphatic heterocycles. The van der Waals surface area contributed by atoms with E-state index in [2.05, 4.69) is 27.8 Å². The molecule has 0 saturated carbocycles. The Morgan fingerprint density at radius 2 is 2.00 bits per heavy atom. The Hall–Kier alpha value is -1.69. The van der Waals surface area contributed by atoms with Crippen molar-refractivity contribution in [2.75, 3.05) is 19.6 Å². The molecule has 6 heteroatoms. The van der Waals surface area contributed by atoms with Gasteiger partial charge in [-0.2, -0.15) is 0 Å². The van der Waals surface area contributed by atoms with Crippen LogP contribution in [0, 0.1) is 5.82 Å². The van der Waals surface area contributed by atoms with Crippen LogP contribution in [0.15, 0.2) is 53.0 Å². The van der Waals surface area contributed by atoms with E-state index in [1.54, 1.807) is 18.2 Å². The molecule has 0 unspecified atom stereocenters. The molecule has 2 aromatic rings. The number of amides is 1. The van der Waals surface area contributed by atoms with Crippen molar-refractivity contribution in [3.8, 4) is 0 Å². The van der Waals surface area contributed by atoms with Gasteiger partial charge in [0, 0.05) is 47.8 Å². The Kier molecular flexibility index (Phi) is 6.68. The van der Waals surface area contributed by atoms with Gasteiger partial charge in [-0.25, -0.2) is 4.39 Å². The molecule has 1 atom stereocenters. The molecular weight excluding hydrogens is 431 g/mol. The van der Waals surface area contributed by atoms with Gasteiger partial charge in [-0.05, 0) is 48.4 Å². The zero-order valence-electron chi connectivity index (χ0n) is 15.0. The lowest BCUT2D eigenvalue weighted by Gasteiger charge is -2.39. The molecule has 27 heavy (non-hydrogen) atoms. The summed E-state index contributed by atoms with van der Waals surface area (Å²) in [5.41, 5.74) is 1.99. The Bertz CT molecular complexity index is 841. The predicted octanol–water partition coefficient (Wildman–Crippen LogP) is 4.99. The van der Waals surface area contributed by atoms with Crippen molar-refractivity contribution in [1.29, 1.82) is 0 Å². The number of nitrogens with zero attached hydrogens (tertiary/aromatic N) is 2. The molecule has 1 fully saturated rings. The smallest absolute Gasteiger partial charge is 0.246 e. The van der Waals surface area contributed by atoms with Crippen molar-refractivity contribution in [3.05, 3.63) is 75.0 Å². The number of carbonyl (C=O) groups excluding carboxylic acids is 1. The topological polar surface area (TPSA) is 23.6 Å². The van der Waals surface area contributed by atoms with Crippen molar-refractivity contribution >= 4 is 39.5 Å². The number of benzene rings is 2. The van der Waals surface area contributed by atoms with Gasteiger partial charge in [-0.15, -0.1) is 0 Å². The normalized spacial score (nSPS) is 18.2. The van der Waals surface area contributed by atoms with Gasteiger partial charge in [0.2, 0.25) is 5.91 Å². The van der Waals surface area contributed by atoms with Gasteiger partial charge in [-0.1, -0.05) is 45.7 Å². The first-order valence-corrected chi connectivity index (χ1v) is 10.00. The molecular formula is C21H21BrClFN2O. The Morgan fingerprint density at radius 1 is 1.26 bits per heavy atom. The van der Waals surface area contributed by atoms with Crippen LogP contribution in [0.2, 0.25) is 5.02 Å². The Morgan fingerprint density at radius 3 is 2.67 bits per heavy atom. The number of piperazine rings is 1. The highest BCUT2D eigenvalue weighted by Crippen LogP contribution is 2.23. The van der Waals surface area contributed by atoms with E-state index in [-0.39, 0.29) is 17.8 Å². The SMILES string of the molecule is C[C@H]1CN(Cc2ccc(F)cc2)CCN1C(=O)/C=C/c1ccc(Cl)cc1Br. The van der Waals surface area contributed by atoms with E-state index < -0.39 is 0 Å². The van der Waals surface area contributed by atoms with E-state index in [1.165, 1.54) is 12.1 Å². The first-order valence-electron chi connectivity index (χ1n) is 8.83. The third kappa shape index (κ3) is 5.41. The quantitative estimate of drug-likeness (QED) is 0.612. The summed E-state index contributed by atoms with van der Waals surface area (Å²) in [7, 11) is 0. The van der Waals surface area contributed by atoms with Crippen molar-refractivity contribution in [2.45, 2.75) is 19.5 Å². The molecule has 1 aliphatic rings. The van der Waals surface area contributed by atoms with Crippen molar-refractivity contribution < 1.29 is 9.18 Å². The zero-order valence-corrected chi connectivity index (χ0v) is 17.4. The largest absolute Gasteiger partial charge is 0.334 e. The average Bonchev–Trinajstić information content (AvgIpc) is 2.63. The zero-order chi connectivity index (χ0) is 19.4. The maximum atomic E-state index is 13.0. The summed E-state index contributed by atoms with van der Waals surface area (Å²) >= 11 is 9.41. The summed E-state index contributed by atoms with van der Waals surface area (Å²) in [5.74, 6) is -0.215. The summed E-state index contributed by atoms with van der Waals surface area (Å²) in [4.78, 5) is 16.8. The molecule has 1 saturated heterocycles. The summed E-state index contributed by atoms with van der Waals surface area (Å²) < 4.78 is 13.9. The number of rotatable bonds is 4. The van der Waals surface area contributed by atoms with E-state index in [0.717, 1.165) is 35.2 Å². The fourth-order valence-electron chi connectivity index (χ4n) is 3.25. The number of carbonyl (C=O) groups is 1. The van der Waals surface area contributed by atoms with Crippen LogP contribution in [-0.2, 0) is 11.3 Å². The molecule has 1 heterocycles. The number of hydrogen-bond acceptors (Lipinski definition) is 2. The summed E-state index contributed by atoms with van der Waals surface area (Å²) in [6, 6.07) is 12.2. The minimum Gasteiger partial charge on any atom is -0.334 e. The van der Waals surface area contributed by atoms with Crippen molar-refractivity contribution in [2.24, 2.45) is 0 Å². The van der Waals surface area contributed by atoms with E-state index in [9.17, 15) is 9.18 Å². The Balaban J connectivity index is 1.57. The van der Waals surface area contributed by atoms with Crippen LogP contribution >= 0.6 is 27.5 Å². The van der Waals surface area contributed by atoms with Gasteiger partial charge in [0.05, 0.1) is 0 Å². The van der Waals surface area contributed by atoms with E-state index in [0.29, 0.717) is 11.6 Å². The highest BCUT2D eigenvalue weighted by Gasteiger charge is 2.26. The van der Waals surface area contributed by atoms with Crippen LogP contribution in [0.1, 0.15) is 18.1 Å². The van der Waals surface area contributed by atoms with Gasteiger partial charge in [0.15, 0.2) is 0 Å². The molecule has 142 valence electrons. The van der Waals surface area contributed by atoms with Gasteiger partial charge in [-0.3, -0.25) is 9.69 Å². The molecule has 3 nitrogen and oxygen atoms in total. The fraction of sp³-hybridized carbons (Fsp3) is 0.286. The maximum absolute atomic E-state index is 13.0. The van der Waals surface area contributed by atoms with Gasteiger partial charge in [0.1, 0.15) is 5.82 Å². The lowest BCUT2D eigenvalue weighted by Crippen LogP contribution is -2.53. The molecule has 3 rings (SSSR count). The van der Waals surface area contributed by atoms with Crippen LogP contribution < -0.4 is 0 Å². The highest BCUT2D eigenvalue weighted by atomic mass is 79.9. The van der Waals surface area contributed by atoms with Gasteiger partial charge in [0.25, 0.3) is 0 Å². The van der Waals surface area contributed by atoms with Crippen LogP contribution in [0.3, 0.4) is 0 Å². The van der Waals surface area contributed by atoms with Crippen molar-refractivity contribution in [3.63, 3.8) is 0 Å². The number of hydrogen-bond donors (Lipinski definition) is 0. The minimum atomic E-state index is -0.221. The molecule has 0 aromatic heterocycles. The second kappa shape index (κ2) is 9.00. The summed E-state index contributed by atoms with van der Waals surface area (Å²) in [6.45, 7) is 5.09. The van der Waals surface area contributed by atoms with Gasteiger partial charge >= 0.3 is 0 Å². The third-order valence-electron chi connectivity index (χ3n) is 4.68. The molecule has 0 aliphatic carbocycles. The van der Waals surface area contributed by atoms with Crippen LogP contribution in [0.4, 0.5) is 4.39 Å². The Labute approximate surface area is 172 Å². The monoisotopic (exact) mass is 450 g/mol. The first kappa shape index (κ1) is 20.1. The molecule has 0 bridgehead atoms. The van der Waals surface area contributed by atoms with E-state index in [1.807, 2.05) is 29.2 Å². The first-order chi connectivity index (χ1) is 12.9. The predicted molar refractivity (Wildman–Crippen MR) is 111 cm³/mol. The maximum Gasteiger partial charge on any atom is 0.246 e. The summed E-state index contributed by atoms with van der Waals surface area (Å²) in [6.07, 6.45) is 3.42. The van der Waals surface area contributed by atoms with Crippen LogP contribution in [-0.4, -0.2) is 41.4 Å². The fourth-order valence-corrected chi connectivity index (χ4v) is 4.06. The van der Waals surface area contributed by atoms with Gasteiger partial charge < -0.3 is 4.90 Å². The highest BCUT2D eigenvalue weighted by molar-refractivity contribution is 9.10.